The van der Waals surface area contributed by atoms with E-state index in [1.165, 1.54) is 12.1 Å². The van der Waals surface area contributed by atoms with Gasteiger partial charge in [-0.15, -0.1) is 0 Å². The van der Waals surface area contributed by atoms with E-state index in [1.807, 2.05) is 0 Å². The summed E-state index contributed by atoms with van der Waals surface area (Å²) in [6.45, 7) is 2.57. The van der Waals surface area contributed by atoms with E-state index in [0.717, 1.165) is 12.8 Å². The van der Waals surface area contributed by atoms with Crippen molar-refractivity contribution < 1.29 is 12.8 Å². The Kier molecular flexibility index (Phi) is 3.99. The molecule has 18 heavy (non-hydrogen) atoms. The van der Waals surface area contributed by atoms with Gasteiger partial charge < -0.3 is 5.32 Å². The van der Waals surface area contributed by atoms with Gasteiger partial charge in [0.25, 0.3) is 0 Å². The Labute approximate surface area is 107 Å². The molecule has 0 saturated heterocycles. The number of benzene rings is 1. The van der Waals surface area contributed by atoms with Crippen LogP contribution >= 0.6 is 0 Å². The Morgan fingerprint density at radius 2 is 2.06 bits per heavy atom. The second-order valence-corrected chi connectivity index (χ2v) is 6.30. The number of sulfonamides is 1. The van der Waals surface area contributed by atoms with Crippen LogP contribution in [0.4, 0.5) is 4.39 Å². The van der Waals surface area contributed by atoms with E-state index in [9.17, 15) is 12.8 Å². The van der Waals surface area contributed by atoms with Crippen molar-refractivity contribution in [3.8, 4) is 0 Å². The maximum absolute atomic E-state index is 13.5. The number of aryl methyl sites for hydroxylation is 1. The molecule has 1 aromatic rings. The van der Waals surface area contributed by atoms with Crippen molar-refractivity contribution in [1.29, 1.82) is 0 Å². The van der Waals surface area contributed by atoms with Gasteiger partial charge in [-0.3, -0.25) is 0 Å². The second kappa shape index (κ2) is 5.34. The number of rotatable bonds is 6. The zero-order chi connectivity index (χ0) is 13.2. The largest absolute Gasteiger partial charge is 0.313 e. The number of hydrogen-bond donors (Lipinski definition) is 2. The molecule has 0 radical (unpaired) electrons. The van der Waals surface area contributed by atoms with Crippen LogP contribution in [-0.2, 0) is 10.0 Å². The van der Waals surface area contributed by atoms with Crippen LogP contribution in [0.25, 0.3) is 0 Å². The molecule has 0 amide bonds. The van der Waals surface area contributed by atoms with E-state index >= 15 is 0 Å². The molecular formula is C12H17FN2O2S. The summed E-state index contributed by atoms with van der Waals surface area (Å²) < 4.78 is 39.6. The van der Waals surface area contributed by atoms with Crippen molar-refractivity contribution in [2.24, 2.45) is 0 Å². The minimum Gasteiger partial charge on any atom is -0.313 e. The Hall–Kier alpha value is -0.980. The number of hydrogen-bond acceptors (Lipinski definition) is 3. The Bertz CT molecular complexity index is 527. The molecule has 0 bridgehead atoms. The Morgan fingerprint density at radius 1 is 1.33 bits per heavy atom. The molecule has 1 aromatic carbocycles. The molecule has 0 aromatic heterocycles. The minimum absolute atomic E-state index is 0.270. The molecule has 0 aliphatic heterocycles. The van der Waals surface area contributed by atoms with Crippen LogP contribution in [-0.4, -0.2) is 27.5 Å². The fraction of sp³-hybridized carbons (Fsp3) is 0.500. The molecule has 0 atom stereocenters. The van der Waals surface area contributed by atoms with Gasteiger partial charge in [-0.05, 0) is 37.5 Å². The predicted octanol–water partition coefficient (Wildman–Crippen LogP) is 1.16. The van der Waals surface area contributed by atoms with Crippen molar-refractivity contribution in [2.45, 2.75) is 30.7 Å². The van der Waals surface area contributed by atoms with Gasteiger partial charge in [-0.2, -0.15) is 0 Å². The SMILES string of the molecule is Cc1ccc(F)c(S(=O)(=O)NCCNC2CC2)c1. The molecule has 100 valence electrons. The van der Waals surface area contributed by atoms with Gasteiger partial charge in [0.15, 0.2) is 0 Å². The van der Waals surface area contributed by atoms with Crippen LogP contribution in [0.15, 0.2) is 23.1 Å². The van der Waals surface area contributed by atoms with Gasteiger partial charge in [0.1, 0.15) is 10.7 Å². The molecule has 4 nitrogen and oxygen atoms in total. The smallest absolute Gasteiger partial charge is 0.243 e. The van der Waals surface area contributed by atoms with Crippen LogP contribution < -0.4 is 10.0 Å². The van der Waals surface area contributed by atoms with Gasteiger partial charge in [0.05, 0.1) is 0 Å². The van der Waals surface area contributed by atoms with Crippen LogP contribution in [0.1, 0.15) is 18.4 Å². The summed E-state index contributed by atoms with van der Waals surface area (Å²) in [5, 5.41) is 3.19. The zero-order valence-electron chi connectivity index (χ0n) is 10.2. The highest BCUT2D eigenvalue weighted by Gasteiger charge is 2.21. The molecule has 0 heterocycles. The molecular weight excluding hydrogens is 255 g/mol. The van der Waals surface area contributed by atoms with Crippen molar-refractivity contribution >= 4 is 10.0 Å². The van der Waals surface area contributed by atoms with Gasteiger partial charge in [0, 0.05) is 19.1 Å². The van der Waals surface area contributed by atoms with Crippen LogP contribution in [0, 0.1) is 12.7 Å². The lowest BCUT2D eigenvalue weighted by atomic mass is 10.2. The molecule has 0 unspecified atom stereocenters. The van der Waals surface area contributed by atoms with Crippen molar-refractivity contribution in [3.05, 3.63) is 29.6 Å². The van der Waals surface area contributed by atoms with Crippen molar-refractivity contribution in [3.63, 3.8) is 0 Å². The lowest BCUT2D eigenvalue weighted by Gasteiger charge is -2.08. The van der Waals surface area contributed by atoms with Gasteiger partial charge in [-0.25, -0.2) is 17.5 Å². The molecule has 6 heteroatoms. The first-order valence-corrected chi connectivity index (χ1v) is 7.46. The average Bonchev–Trinajstić information content (AvgIpc) is 3.12. The second-order valence-electron chi connectivity index (χ2n) is 4.56. The lowest BCUT2D eigenvalue weighted by Crippen LogP contribution is -2.33. The lowest BCUT2D eigenvalue weighted by molar-refractivity contribution is 0.553. The van der Waals surface area contributed by atoms with E-state index in [4.69, 9.17) is 0 Å². The van der Waals surface area contributed by atoms with E-state index in [-0.39, 0.29) is 11.4 Å². The number of nitrogens with one attached hydrogen (secondary N) is 2. The highest BCUT2D eigenvalue weighted by atomic mass is 32.2. The van der Waals surface area contributed by atoms with E-state index in [0.29, 0.717) is 18.2 Å². The summed E-state index contributed by atoms with van der Waals surface area (Å²) in [6, 6.07) is 4.59. The molecule has 0 spiro atoms. The topological polar surface area (TPSA) is 58.2 Å². The third kappa shape index (κ3) is 3.51. The highest BCUT2D eigenvalue weighted by molar-refractivity contribution is 7.89. The fourth-order valence-corrected chi connectivity index (χ4v) is 2.84. The summed E-state index contributed by atoms with van der Waals surface area (Å²) in [5.41, 5.74) is 0.716. The standard InChI is InChI=1S/C12H17FN2O2S/c1-9-2-5-11(13)12(8-9)18(16,17)15-7-6-14-10-3-4-10/h2,5,8,10,14-15H,3-4,6-7H2,1H3. The van der Waals surface area contributed by atoms with Gasteiger partial charge >= 0.3 is 0 Å². The van der Waals surface area contributed by atoms with E-state index in [1.54, 1.807) is 13.0 Å². The predicted molar refractivity (Wildman–Crippen MR) is 67.4 cm³/mol. The third-order valence-corrected chi connectivity index (χ3v) is 4.28. The average molecular weight is 272 g/mol. The summed E-state index contributed by atoms with van der Waals surface area (Å²) in [7, 11) is -3.76. The Balaban J connectivity index is 1.97. The maximum atomic E-state index is 13.5. The molecule has 2 rings (SSSR count). The first kappa shape index (κ1) is 13.5. The minimum atomic E-state index is -3.76. The van der Waals surface area contributed by atoms with Crippen LogP contribution in [0.3, 0.4) is 0 Å². The van der Waals surface area contributed by atoms with E-state index < -0.39 is 15.8 Å². The zero-order valence-corrected chi connectivity index (χ0v) is 11.1. The van der Waals surface area contributed by atoms with Crippen molar-refractivity contribution in [2.75, 3.05) is 13.1 Å². The quantitative estimate of drug-likeness (QED) is 0.764. The fourth-order valence-electron chi connectivity index (χ4n) is 1.64. The van der Waals surface area contributed by atoms with Gasteiger partial charge in [-0.1, -0.05) is 6.07 Å². The number of halogens is 1. The molecule has 1 aliphatic rings. The normalized spacial score (nSPS) is 15.9. The monoisotopic (exact) mass is 272 g/mol. The summed E-state index contributed by atoms with van der Waals surface area (Å²) in [4.78, 5) is -0.283. The Morgan fingerprint density at radius 3 is 2.72 bits per heavy atom. The van der Waals surface area contributed by atoms with Crippen molar-refractivity contribution in [1.82, 2.24) is 10.0 Å². The summed E-state index contributed by atoms with van der Waals surface area (Å²) >= 11 is 0. The third-order valence-electron chi connectivity index (χ3n) is 2.80. The molecule has 1 fully saturated rings. The first-order chi connectivity index (χ1) is 8.49. The summed E-state index contributed by atoms with van der Waals surface area (Å²) in [5.74, 6) is -0.719. The highest BCUT2D eigenvalue weighted by Crippen LogP contribution is 2.18. The first-order valence-electron chi connectivity index (χ1n) is 5.98. The van der Waals surface area contributed by atoms with E-state index in [2.05, 4.69) is 10.0 Å². The van der Waals surface area contributed by atoms with Gasteiger partial charge in [0.2, 0.25) is 10.0 Å². The molecule has 1 aliphatic carbocycles. The summed E-state index contributed by atoms with van der Waals surface area (Å²) in [6.07, 6.45) is 2.30. The molecule has 1 saturated carbocycles. The van der Waals surface area contributed by atoms with Crippen LogP contribution in [0.5, 0.6) is 0 Å². The maximum Gasteiger partial charge on any atom is 0.243 e. The van der Waals surface area contributed by atoms with Crippen LogP contribution in [0.2, 0.25) is 0 Å². The molecule has 2 N–H and O–H groups in total.